The molecule has 4 N–H and O–H groups in total. The van der Waals surface area contributed by atoms with Gasteiger partial charge in [-0.1, -0.05) is 92.7 Å². The van der Waals surface area contributed by atoms with E-state index >= 15 is 0 Å². The van der Waals surface area contributed by atoms with Crippen LogP contribution < -0.4 is 16.0 Å². The Kier molecular flexibility index (Phi) is 14.1. The maximum atomic E-state index is 13.8. The molecule has 5 atom stereocenters. The van der Waals surface area contributed by atoms with Gasteiger partial charge < -0.3 is 25.8 Å². The van der Waals surface area contributed by atoms with Gasteiger partial charge in [0.15, 0.2) is 0 Å². The van der Waals surface area contributed by atoms with Gasteiger partial charge in [-0.25, -0.2) is 4.79 Å². The number of carbonyl (C=O) groups excluding carboxylic acids is 3. The first kappa shape index (κ1) is 38.0. The number of aliphatic hydroxyl groups is 1. The summed E-state index contributed by atoms with van der Waals surface area (Å²) >= 11 is 1.78. The Bertz CT molecular complexity index is 1470. The van der Waals surface area contributed by atoms with Gasteiger partial charge in [0.25, 0.3) is 0 Å². The number of hydrogen-bond donors (Lipinski definition) is 4. The number of likely N-dealkylation sites (tertiary alicyclic amines) is 1. The van der Waals surface area contributed by atoms with Crippen molar-refractivity contribution < 1.29 is 24.2 Å². The summed E-state index contributed by atoms with van der Waals surface area (Å²) < 4.78 is 5.40. The van der Waals surface area contributed by atoms with Crippen molar-refractivity contribution in [3.8, 4) is 0 Å². The van der Waals surface area contributed by atoms with Crippen LogP contribution in [0.5, 0.6) is 0 Å². The summed E-state index contributed by atoms with van der Waals surface area (Å²) in [5.41, 5.74) is 1.38. The summed E-state index contributed by atoms with van der Waals surface area (Å²) in [7, 11) is 0. The fourth-order valence-corrected chi connectivity index (χ4v) is 7.14. The Labute approximate surface area is 295 Å². The molecule has 9 nitrogen and oxygen atoms in total. The number of carbonyl (C=O) groups is 3. The van der Waals surface area contributed by atoms with Crippen LogP contribution >= 0.6 is 11.8 Å². The third-order valence-corrected chi connectivity index (χ3v) is 9.77. The maximum absolute atomic E-state index is 13.8. The number of alkyl carbamates (subject to hydrolysis) is 1. The molecule has 3 amide bonds. The number of nitrogens with zero attached hydrogens (tertiary/aromatic N) is 1. The molecule has 1 fully saturated rings. The van der Waals surface area contributed by atoms with Crippen molar-refractivity contribution >= 4 is 29.7 Å². The average Bonchev–Trinajstić information content (AvgIpc) is 3.07. The van der Waals surface area contributed by atoms with Gasteiger partial charge in [-0.3, -0.25) is 14.5 Å². The summed E-state index contributed by atoms with van der Waals surface area (Å²) in [6.45, 7) is 10.5. The molecule has 1 aliphatic rings. The van der Waals surface area contributed by atoms with Crippen LogP contribution in [-0.2, 0) is 27.4 Å². The summed E-state index contributed by atoms with van der Waals surface area (Å²) in [5, 5.41) is 21.0. The second-order valence-corrected chi connectivity index (χ2v) is 15.5. The van der Waals surface area contributed by atoms with Gasteiger partial charge in [0.2, 0.25) is 11.8 Å². The Hall–Kier alpha value is -3.86. The van der Waals surface area contributed by atoms with Crippen molar-refractivity contribution in [2.24, 2.45) is 5.92 Å². The number of ether oxygens (including phenoxy) is 1. The highest BCUT2D eigenvalue weighted by Crippen LogP contribution is 2.33. The lowest BCUT2D eigenvalue weighted by molar-refractivity contribution is -0.130. The van der Waals surface area contributed by atoms with E-state index in [0.29, 0.717) is 19.4 Å². The molecule has 0 aromatic heterocycles. The van der Waals surface area contributed by atoms with Gasteiger partial charge in [0, 0.05) is 28.8 Å². The largest absolute Gasteiger partial charge is 0.445 e. The van der Waals surface area contributed by atoms with Crippen LogP contribution in [0.1, 0.15) is 58.6 Å². The highest BCUT2D eigenvalue weighted by atomic mass is 32.2. The minimum absolute atomic E-state index is 0.0696. The van der Waals surface area contributed by atoms with E-state index in [1.165, 1.54) is 4.90 Å². The summed E-state index contributed by atoms with van der Waals surface area (Å²) in [6, 6.07) is 27.2. The SMILES string of the molecule is CC(C)[C@H](NC(=O)OCc1ccccc1)C(=O)N[C@@H](Cc1ccccc1)[C@H](O)CN1CC[C@@H](Sc2ccccc2)C[C@H]1C(=O)NC(C)(C)C. The van der Waals surface area contributed by atoms with Gasteiger partial charge >= 0.3 is 6.09 Å². The predicted molar refractivity (Wildman–Crippen MR) is 195 cm³/mol. The van der Waals surface area contributed by atoms with Crippen molar-refractivity contribution in [3.05, 3.63) is 102 Å². The van der Waals surface area contributed by atoms with Gasteiger partial charge in [-0.15, -0.1) is 11.8 Å². The molecule has 10 heteroatoms. The maximum Gasteiger partial charge on any atom is 0.408 e. The van der Waals surface area contributed by atoms with Crippen LogP contribution in [0.25, 0.3) is 0 Å². The molecule has 3 aromatic carbocycles. The molecule has 0 aliphatic carbocycles. The molecule has 0 bridgehead atoms. The minimum Gasteiger partial charge on any atom is -0.445 e. The molecule has 0 unspecified atom stereocenters. The average molecular weight is 689 g/mol. The van der Waals surface area contributed by atoms with Crippen molar-refractivity contribution in [1.29, 1.82) is 0 Å². The lowest BCUT2D eigenvalue weighted by Crippen LogP contribution is -2.60. The normalized spacial score (nSPS) is 18.6. The zero-order valence-electron chi connectivity index (χ0n) is 29.3. The quantitative estimate of drug-likeness (QED) is 0.175. The van der Waals surface area contributed by atoms with Crippen molar-refractivity contribution in [3.63, 3.8) is 0 Å². The molecule has 264 valence electrons. The van der Waals surface area contributed by atoms with Gasteiger partial charge in [0.1, 0.15) is 12.6 Å². The smallest absolute Gasteiger partial charge is 0.408 e. The molecule has 0 spiro atoms. The minimum atomic E-state index is -0.995. The summed E-state index contributed by atoms with van der Waals surface area (Å²) in [4.78, 5) is 43.4. The van der Waals surface area contributed by atoms with E-state index in [2.05, 4.69) is 33.0 Å². The molecular weight excluding hydrogens is 637 g/mol. The lowest BCUT2D eigenvalue weighted by Gasteiger charge is -2.41. The molecule has 3 aromatic rings. The fourth-order valence-electron chi connectivity index (χ4n) is 5.94. The number of rotatable bonds is 14. The Morgan fingerprint density at radius 1 is 0.898 bits per heavy atom. The fraction of sp³-hybridized carbons (Fsp3) is 0.462. The highest BCUT2D eigenvalue weighted by Gasteiger charge is 2.38. The van der Waals surface area contributed by atoms with E-state index in [1.807, 2.05) is 113 Å². The number of thioether (sulfide) groups is 1. The van der Waals surface area contributed by atoms with Gasteiger partial charge in [-0.05, 0) is 69.2 Å². The van der Waals surface area contributed by atoms with Crippen LogP contribution in [0.3, 0.4) is 0 Å². The molecular formula is C39H52N4O5S. The first-order chi connectivity index (χ1) is 23.4. The third-order valence-electron chi connectivity index (χ3n) is 8.46. The van der Waals surface area contributed by atoms with Gasteiger partial charge in [0.05, 0.1) is 18.2 Å². The Morgan fingerprint density at radius 3 is 2.08 bits per heavy atom. The molecule has 1 aliphatic heterocycles. The van der Waals surface area contributed by atoms with Crippen LogP contribution in [0.15, 0.2) is 95.9 Å². The number of piperidine rings is 1. The van der Waals surface area contributed by atoms with Crippen LogP contribution in [-0.4, -0.2) is 76.0 Å². The number of aliphatic hydroxyl groups excluding tert-OH is 1. The van der Waals surface area contributed by atoms with E-state index < -0.39 is 41.8 Å². The third kappa shape index (κ3) is 12.5. The monoisotopic (exact) mass is 688 g/mol. The van der Waals surface area contributed by atoms with E-state index in [9.17, 15) is 19.5 Å². The van der Waals surface area contributed by atoms with Crippen LogP contribution in [0, 0.1) is 5.92 Å². The zero-order chi connectivity index (χ0) is 35.4. The second-order valence-electron chi connectivity index (χ2n) is 14.1. The molecule has 49 heavy (non-hydrogen) atoms. The van der Waals surface area contributed by atoms with Crippen molar-refractivity contribution in [1.82, 2.24) is 20.9 Å². The van der Waals surface area contributed by atoms with E-state index in [1.54, 1.807) is 11.8 Å². The number of β-amino-alcohol motifs (C(OH)–C–C–N with tert-alkyl or cyclic N) is 1. The first-order valence-corrected chi connectivity index (χ1v) is 18.0. The first-order valence-electron chi connectivity index (χ1n) is 17.2. The molecule has 1 saturated heterocycles. The number of hydrogen-bond acceptors (Lipinski definition) is 7. The molecule has 0 saturated carbocycles. The molecule has 4 rings (SSSR count). The number of benzene rings is 3. The highest BCUT2D eigenvalue weighted by molar-refractivity contribution is 8.00. The molecule has 0 radical (unpaired) electrons. The summed E-state index contributed by atoms with van der Waals surface area (Å²) in [6.07, 6.45) is 0.170. The Balaban J connectivity index is 1.48. The summed E-state index contributed by atoms with van der Waals surface area (Å²) in [5.74, 6) is -0.725. The standard InChI is InChI=1S/C39H52N4O5S/c1-27(2)35(41-38(47)48-26-29-17-11-7-12-18-29)37(46)40-32(23-28-15-9-6-10-16-28)34(44)25-43-22-21-31(49-30-19-13-8-14-20-30)24-33(43)36(45)42-39(3,4)5/h6-20,27,31-35,44H,21-26H2,1-5H3,(H,40,46)(H,41,47)(H,42,45)/t31-,32+,33+,34-,35+/m1/s1. The predicted octanol–water partition coefficient (Wildman–Crippen LogP) is 5.57. The van der Waals surface area contributed by atoms with Crippen LogP contribution in [0.4, 0.5) is 4.79 Å². The van der Waals surface area contributed by atoms with Crippen molar-refractivity contribution in [2.45, 2.75) is 100 Å². The second kappa shape index (κ2) is 18.2. The van der Waals surface area contributed by atoms with E-state index in [0.717, 1.165) is 17.5 Å². The number of nitrogens with one attached hydrogen (secondary N) is 3. The van der Waals surface area contributed by atoms with E-state index in [-0.39, 0.29) is 30.2 Å². The van der Waals surface area contributed by atoms with Crippen LogP contribution in [0.2, 0.25) is 0 Å². The van der Waals surface area contributed by atoms with E-state index in [4.69, 9.17) is 4.74 Å². The van der Waals surface area contributed by atoms with Crippen molar-refractivity contribution in [2.75, 3.05) is 13.1 Å². The molecule has 1 heterocycles. The zero-order valence-corrected chi connectivity index (χ0v) is 30.1. The Morgan fingerprint density at radius 2 is 1.49 bits per heavy atom. The van der Waals surface area contributed by atoms with Gasteiger partial charge in [-0.2, -0.15) is 0 Å². The topological polar surface area (TPSA) is 120 Å². The number of amides is 3. The lowest BCUT2D eigenvalue weighted by atomic mass is 9.95.